The SMILES string of the molecule is CC1=CCCC(=C(C)C)C1. The van der Waals surface area contributed by atoms with Gasteiger partial charge in [-0.2, -0.15) is 0 Å². The van der Waals surface area contributed by atoms with Gasteiger partial charge in [-0.3, -0.25) is 0 Å². The molecule has 0 fully saturated rings. The first-order chi connectivity index (χ1) is 4.70. The molecule has 0 aromatic heterocycles. The average molecular weight is 136 g/mol. The summed E-state index contributed by atoms with van der Waals surface area (Å²) in [4.78, 5) is 0. The lowest BCUT2D eigenvalue weighted by Crippen LogP contribution is -1.94. The van der Waals surface area contributed by atoms with Crippen molar-refractivity contribution in [2.24, 2.45) is 0 Å². The van der Waals surface area contributed by atoms with Crippen LogP contribution in [0.5, 0.6) is 0 Å². The van der Waals surface area contributed by atoms with Crippen LogP contribution in [-0.2, 0) is 0 Å². The molecule has 56 valence electrons. The Kier molecular flexibility index (Phi) is 2.31. The van der Waals surface area contributed by atoms with Gasteiger partial charge in [-0.15, -0.1) is 0 Å². The van der Waals surface area contributed by atoms with Crippen LogP contribution in [0.1, 0.15) is 40.0 Å². The topological polar surface area (TPSA) is 0 Å². The molecule has 0 nitrogen and oxygen atoms in total. The summed E-state index contributed by atoms with van der Waals surface area (Å²) in [5, 5.41) is 0. The maximum absolute atomic E-state index is 2.35. The Balaban J connectivity index is 2.71. The van der Waals surface area contributed by atoms with E-state index in [-0.39, 0.29) is 0 Å². The Hall–Kier alpha value is -0.520. The van der Waals surface area contributed by atoms with Crippen LogP contribution in [0.25, 0.3) is 0 Å². The van der Waals surface area contributed by atoms with Crippen molar-refractivity contribution in [1.29, 1.82) is 0 Å². The Morgan fingerprint density at radius 3 is 2.50 bits per heavy atom. The molecular weight excluding hydrogens is 120 g/mol. The normalized spacial score (nSPS) is 18.7. The van der Waals surface area contributed by atoms with E-state index in [0.717, 1.165) is 0 Å². The third kappa shape index (κ3) is 1.73. The molecule has 0 aliphatic heterocycles. The van der Waals surface area contributed by atoms with Gasteiger partial charge in [0.25, 0.3) is 0 Å². The van der Waals surface area contributed by atoms with E-state index >= 15 is 0 Å². The third-order valence-corrected chi connectivity index (χ3v) is 2.14. The summed E-state index contributed by atoms with van der Waals surface area (Å²) in [6.45, 7) is 6.66. The molecule has 0 aromatic carbocycles. The molecule has 0 heteroatoms. The van der Waals surface area contributed by atoms with Crippen molar-refractivity contribution in [1.82, 2.24) is 0 Å². The van der Waals surface area contributed by atoms with Crippen LogP contribution in [0.3, 0.4) is 0 Å². The molecular formula is C10H16. The van der Waals surface area contributed by atoms with Gasteiger partial charge < -0.3 is 0 Å². The molecule has 0 aromatic rings. The van der Waals surface area contributed by atoms with Gasteiger partial charge in [-0.05, 0) is 40.0 Å². The van der Waals surface area contributed by atoms with Crippen molar-refractivity contribution in [2.45, 2.75) is 40.0 Å². The first-order valence-corrected chi connectivity index (χ1v) is 4.01. The first-order valence-electron chi connectivity index (χ1n) is 4.01. The molecule has 0 N–H and O–H groups in total. The van der Waals surface area contributed by atoms with E-state index < -0.39 is 0 Å². The Morgan fingerprint density at radius 2 is 2.10 bits per heavy atom. The van der Waals surface area contributed by atoms with Crippen LogP contribution >= 0.6 is 0 Å². The molecule has 0 saturated heterocycles. The quantitative estimate of drug-likeness (QED) is 0.447. The van der Waals surface area contributed by atoms with Crippen molar-refractivity contribution < 1.29 is 0 Å². The summed E-state index contributed by atoms with van der Waals surface area (Å²) in [5.74, 6) is 0. The molecule has 1 rings (SSSR count). The maximum atomic E-state index is 2.35. The highest BCUT2D eigenvalue weighted by Crippen LogP contribution is 2.24. The van der Waals surface area contributed by atoms with Crippen LogP contribution < -0.4 is 0 Å². The zero-order valence-electron chi connectivity index (χ0n) is 7.20. The van der Waals surface area contributed by atoms with E-state index in [2.05, 4.69) is 26.8 Å². The molecule has 0 spiro atoms. The van der Waals surface area contributed by atoms with Gasteiger partial charge in [-0.25, -0.2) is 0 Å². The van der Waals surface area contributed by atoms with Crippen molar-refractivity contribution in [3.63, 3.8) is 0 Å². The van der Waals surface area contributed by atoms with E-state index in [0.29, 0.717) is 0 Å². The summed E-state index contributed by atoms with van der Waals surface area (Å²) in [6.07, 6.45) is 6.13. The molecule has 1 aliphatic rings. The van der Waals surface area contributed by atoms with Gasteiger partial charge in [-0.1, -0.05) is 22.8 Å². The molecule has 10 heavy (non-hydrogen) atoms. The fourth-order valence-corrected chi connectivity index (χ4v) is 1.42. The van der Waals surface area contributed by atoms with Crippen molar-refractivity contribution in [3.05, 3.63) is 22.8 Å². The van der Waals surface area contributed by atoms with E-state index in [1.54, 1.807) is 11.1 Å². The van der Waals surface area contributed by atoms with Gasteiger partial charge >= 0.3 is 0 Å². The first kappa shape index (κ1) is 7.59. The number of rotatable bonds is 0. The second-order valence-electron chi connectivity index (χ2n) is 3.37. The monoisotopic (exact) mass is 136 g/mol. The Bertz CT molecular complexity index is 178. The number of hydrogen-bond donors (Lipinski definition) is 0. The smallest absolute Gasteiger partial charge is 0.0109 e. The van der Waals surface area contributed by atoms with Crippen LogP contribution in [-0.4, -0.2) is 0 Å². The largest absolute Gasteiger partial charge is 0.0850 e. The van der Waals surface area contributed by atoms with Crippen LogP contribution in [0.2, 0.25) is 0 Å². The van der Waals surface area contributed by atoms with Crippen molar-refractivity contribution >= 4 is 0 Å². The van der Waals surface area contributed by atoms with Gasteiger partial charge in [0.05, 0.1) is 0 Å². The fourth-order valence-electron chi connectivity index (χ4n) is 1.42. The summed E-state index contributed by atoms with van der Waals surface area (Å²) >= 11 is 0. The average Bonchev–Trinajstić information content (AvgIpc) is 1.88. The summed E-state index contributed by atoms with van der Waals surface area (Å²) in [5.41, 5.74) is 4.72. The van der Waals surface area contributed by atoms with Crippen LogP contribution in [0, 0.1) is 0 Å². The van der Waals surface area contributed by atoms with Crippen molar-refractivity contribution in [3.8, 4) is 0 Å². The number of allylic oxidation sites excluding steroid dienone is 4. The summed E-state index contributed by atoms with van der Waals surface area (Å²) in [7, 11) is 0. The van der Waals surface area contributed by atoms with Crippen molar-refractivity contribution in [2.75, 3.05) is 0 Å². The predicted octanol–water partition coefficient (Wildman–Crippen LogP) is 3.45. The molecule has 0 bridgehead atoms. The molecule has 1 aliphatic carbocycles. The molecule has 0 unspecified atom stereocenters. The standard InChI is InChI=1S/C10H16/c1-8(2)10-6-4-5-9(3)7-10/h5H,4,6-7H2,1-3H3. The minimum absolute atomic E-state index is 1.22. The molecule has 0 atom stereocenters. The minimum atomic E-state index is 1.22. The van der Waals surface area contributed by atoms with E-state index in [4.69, 9.17) is 0 Å². The second kappa shape index (κ2) is 3.05. The van der Waals surface area contributed by atoms with Gasteiger partial charge in [0.1, 0.15) is 0 Å². The molecule has 0 saturated carbocycles. The summed E-state index contributed by atoms with van der Waals surface area (Å²) in [6, 6.07) is 0. The zero-order chi connectivity index (χ0) is 7.56. The lowest BCUT2D eigenvalue weighted by atomic mass is 9.92. The lowest BCUT2D eigenvalue weighted by Gasteiger charge is -2.14. The highest BCUT2D eigenvalue weighted by Gasteiger charge is 2.04. The van der Waals surface area contributed by atoms with Gasteiger partial charge in [0.15, 0.2) is 0 Å². The fraction of sp³-hybridized carbons (Fsp3) is 0.600. The minimum Gasteiger partial charge on any atom is -0.0850 e. The van der Waals surface area contributed by atoms with Gasteiger partial charge in [0.2, 0.25) is 0 Å². The predicted molar refractivity (Wildman–Crippen MR) is 46.0 cm³/mol. The number of hydrogen-bond acceptors (Lipinski definition) is 0. The second-order valence-corrected chi connectivity index (χ2v) is 3.37. The van der Waals surface area contributed by atoms with E-state index in [1.807, 2.05) is 0 Å². The molecule has 0 heterocycles. The highest BCUT2D eigenvalue weighted by atomic mass is 14.1. The Labute approximate surface area is 63.6 Å². The van der Waals surface area contributed by atoms with Crippen LogP contribution in [0.4, 0.5) is 0 Å². The third-order valence-electron chi connectivity index (χ3n) is 2.14. The zero-order valence-corrected chi connectivity index (χ0v) is 7.20. The Morgan fingerprint density at radius 1 is 1.40 bits per heavy atom. The summed E-state index contributed by atoms with van der Waals surface area (Å²) < 4.78 is 0. The van der Waals surface area contributed by atoms with E-state index in [9.17, 15) is 0 Å². The molecule has 0 radical (unpaired) electrons. The van der Waals surface area contributed by atoms with Crippen LogP contribution in [0.15, 0.2) is 22.8 Å². The molecule has 0 amide bonds. The van der Waals surface area contributed by atoms with Gasteiger partial charge in [0, 0.05) is 0 Å². The lowest BCUT2D eigenvalue weighted by molar-refractivity contribution is 0.844. The maximum Gasteiger partial charge on any atom is -0.0109 e. The highest BCUT2D eigenvalue weighted by molar-refractivity contribution is 5.22. The van der Waals surface area contributed by atoms with E-state index in [1.165, 1.54) is 24.8 Å².